The number of esters is 1. The van der Waals surface area contributed by atoms with Gasteiger partial charge in [0.15, 0.2) is 5.78 Å². The largest absolute Gasteiger partial charge is 0.462 e. The van der Waals surface area contributed by atoms with E-state index in [2.05, 4.69) is 0 Å². The molecule has 0 N–H and O–H groups in total. The van der Waals surface area contributed by atoms with E-state index in [0.717, 1.165) is 6.42 Å². The second-order valence-electron chi connectivity index (χ2n) is 6.85. The molecule has 6 atom stereocenters. The summed E-state index contributed by atoms with van der Waals surface area (Å²) in [7, 11) is 0. The minimum absolute atomic E-state index is 0.0787. The van der Waals surface area contributed by atoms with Crippen LogP contribution >= 0.6 is 23.2 Å². The number of carbonyl (C=O) groups excluding carboxylic acids is 3. The van der Waals surface area contributed by atoms with Crippen molar-refractivity contribution in [1.29, 1.82) is 0 Å². The van der Waals surface area contributed by atoms with Crippen molar-refractivity contribution in [2.24, 2.45) is 23.7 Å². The number of Topliss-reactive ketones (excluding diaryl/α,β-unsaturated/α-hetero) is 1. The molecule has 2 saturated heterocycles. The number of halogens is 2. The Morgan fingerprint density at radius 2 is 1.91 bits per heavy atom. The summed E-state index contributed by atoms with van der Waals surface area (Å²) in [5, 5.41) is -0.347. The molecule has 4 rings (SSSR count). The van der Waals surface area contributed by atoms with Gasteiger partial charge in [-0.2, -0.15) is 0 Å². The van der Waals surface area contributed by atoms with Crippen molar-refractivity contribution in [3.05, 3.63) is 10.1 Å². The predicted octanol–water partition coefficient (Wildman–Crippen LogP) is 2.06. The minimum atomic E-state index is -0.438. The van der Waals surface area contributed by atoms with Crippen molar-refractivity contribution in [3.63, 3.8) is 0 Å². The van der Waals surface area contributed by atoms with Gasteiger partial charge in [0.25, 0.3) is 5.91 Å². The highest BCUT2D eigenvalue weighted by Gasteiger charge is 2.62. The van der Waals surface area contributed by atoms with Crippen LogP contribution in [-0.2, 0) is 19.1 Å². The van der Waals surface area contributed by atoms with E-state index in [0.29, 0.717) is 19.4 Å². The molecule has 5 nitrogen and oxygen atoms in total. The van der Waals surface area contributed by atoms with Gasteiger partial charge in [-0.15, -0.1) is 0 Å². The van der Waals surface area contributed by atoms with Crippen LogP contribution in [0.25, 0.3) is 0 Å². The van der Waals surface area contributed by atoms with Crippen molar-refractivity contribution in [2.45, 2.75) is 38.3 Å². The number of hydrogen-bond donors (Lipinski definition) is 0. The standard InChI is InChI=1S/C16H17Cl2NO4/c1-2-6-10-13-7(8-5-9(20)23-15(6)8)3-4-19(13)16(22)12(18)11(17)14(10)21/h6-8,10,13,15H,2-5H2,1H3/t6-,7+,8+,10-,13+,15-/m1/s1. The molecule has 3 fully saturated rings. The fraction of sp³-hybridized carbons (Fsp3) is 0.688. The summed E-state index contributed by atoms with van der Waals surface area (Å²) >= 11 is 12.2. The number of rotatable bonds is 1. The first-order chi connectivity index (χ1) is 11.0. The van der Waals surface area contributed by atoms with Crippen molar-refractivity contribution in [1.82, 2.24) is 4.90 Å². The molecule has 0 spiro atoms. The highest BCUT2D eigenvalue weighted by molar-refractivity contribution is 6.54. The van der Waals surface area contributed by atoms with E-state index in [1.54, 1.807) is 4.90 Å². The molecule has 0 aromatic rings. The number of allylic oxidation sites excluding steroid dienone is 1. The zero-order valence-electron chi connectivity index (χ0n) is 12.6. The molecule has 7 heteroatoms. The zero-order valence-corrected chi connectivity index (χ0v) is 14.1. The summed E-state index contributed by atoms with van der Waals surface area (Å²) in [5.74, 6) is -1.23. The molecule has 124 valence electrons. The van der Waals surface area contributed by atoms with Gasteiger partial charge < -0.3 is 9.64 Å². The van der Waals surface area contributed by atoms with Crippen LogP contribution in [0, 0.1) is 23.7 Å². The molecule has 0 radical (unpaired) electrons. The Hall–Kier alpha value is -1.07. The molecule has 0 unspecified atom stereocenters. The molecule has 0 bridgehead atoms. The molecule has 23 heavy (non-hydrogen) atoms. The minimum Gasteiger partial charge on any atom is -0.462 e. The monoisotopic (exact) mass is 357 g/mol. The van der Waals surface area contributed by atoms with Gasteiger partial charge in [-0.3, -0.25) is 14.4 Å². The summed E-state index contributed by atoms with van der Waals surface area (Å²) in [6, 6.07) is -0.222. The number of ether oxygens (including phenoxy) is 1. The van der Waals surface area contributed by atoms with E-state index >= 15 is 0 Å². The summed E-state index contributed by atoms with van der Waals surface area (Å²) in [5.41, 5.74) is 0. The second kappa shape index (κ2) is 5.21. The van der Waals surface area contributed by atoms with E-state index in [9.17, 15) is 14.4 Å². The normalized spacial score (nSPS) is 42.6. The molecule has 4 aliphatic rings. The van der Waals surface area contributed by atoms with Gasteiger partial charge in [-0.05, 0) is 18.8 Å². The maximum absolute atomic E-state index is 12.9. The van der Waals surface area contributed by atoms with Gasteiger partial charge in [-0.1, -0.05) is 30.1 Å². The van der Waals surface area contributed by atoms with Crippen LogP contribution in [0.1, 0.15) is 26.2 Å². The number of nitrogens with zero attached hydrogens (tertiary/aromatic N) is 1. The molecular formula is C16H17Cl2NO4. The molecule has 3 aliphatic heterocycles. The van der Waals surface area contributed by atoms with Crippen molar-refractivity contribution in [3.8, 4) is 0 Å². The van der Waals surface area contributed by atoms with Crippen LogP contribution < -0.4 is 0 Å². The second-order valence-corrected chi connectivity index (χ2v) is 7.61. The van der Waals surface area contributed by atoms with Crippen LogP contribution in [0.3, 0.4) is 0 Å². The number of amides is 1. The van der Waals surface area contributed by atoms with Gasteiger partial charge in [0.05, 0.1) is 12.3 Å². The zero-order chi connectivity index (χ0) is 16.5. The fourth-order valence-corrected chi connectivity index (χ4v) is 5.58. The lowest BCUT2D eigenvalue weighted by molar-refractivity contribution is -0.151. The SMILES string of the molecule is CC[C@H]1[C@H]2OC(=O)C[C@H]2[C@@H]2CCN3C(=O)C(Cl)=C(Cl)C(=O)[C@H]1[C@H]23. The van der Waals surface area contributed by atoms with Gasteiger partial charge >= 0.3 is 5.97 Å². The molecule has 3 heterocycles. The molecule has 1 saturated carbocycles. The first-order valence-corrected chi connectivity index (χ1v) is 8.81. The highest BCUT2D eigenvalue weighted by Crippen LogP contribution is 2.54. The maximum Gasteiger partial charge on any atom is 0.306 e. The van der Waals surface area contributed by atoms with Crippen molar-refractivity contribution in [2.75, 3.05) is 6.54 Å². The Morgan fingerprint density at radius 3 is 2.61 bits per heavy atom. The summed E-state index contributed by atoms with van der Waals surface area (Å²) < 4.78 is 5.56. The lowest BCUT2D eigenvalue weighted by Gasteiger charge is -2.46. The first kappa shape index (κ1) is 15.5. The molecular weight excluding hydrogens is 341 g/mol. The summed E-state index contributed by atoms with van der Waals surface area (Å²) in [4.78, 5) is 39.0. The average Bonchev–Trinajstić information content (AvgIpc) is 3.11. The third-order valence-electron chi connectivity index (χ3n) is 6.03. The van der Waals surface area contributed by atoms with Crippen LogP contribution in [0.2, 0.25) is 0 Å². The Balaban J connectivity index is 1.85. The van der Waals surface area contributed by atoms with Gasteiger partial charge in [0.2, 0.25) is 0 Å². The number of carbonyl (C=O) groups is 3. The Bertz CT molecular complexity index is 646. The quantitative estimate of drug-likeness (QED) is 0.673. The summed E-state index contributed by atoms with van der Waals surface area (Å²) in [6.45, 7) is 2.53. The lowest BCUT2D eigenvalue weighted by Crippen LogP contribution is -2.56. The molecule has 1 aliphatic carbocycles. The van der Waals surface area contributed by atoms with Gasteiger partial charge in [-0.25, -0.2) is 0 Å². The van der Waals surface area contributed by atoms with Crippen molar-refractivity contribution < 1.29 is 19.1 Å². The molecule has 1 amide bonds. The lowest BCUT2D eigenvalue weighted by atomic mass is 9.62. The topological polar surface area (TPSA) is 63.7 Å². The summed E-state index contributed by atoms with van der Waals surface area (Å²) in [6.07, 6.45) is 1.59. The van der Waals surface area contributed by atoms with Gasteiger partial charge in [0, 0.05) is 24.4 Å². The number of hydrogen-bond acceptors (Lipinski definition) is 4. The Labute approximate surface area is 143 Å². The first-order valence-electron chi connectivity index (χ1n) is 8.05. The molecule has 0 aromatic heterocycles. The Kier molecular flexibility index (Phi) is 3.50. The van der Waals surface area contributed by atoms with E-state index in [4.69, 9.17) is 27.9 Å². The fourth-order valence-electron chi connectivity index (χ4n) is 5.17. The maximum atomic E-state index is 12.9. The predicted molar refractivity (Wildman–Crippen MR) is 82.6 cm³/mol. The third-order valence-corrected chi connectivity index (χ3v) is 6.85. The van der Waals surface area contributed by atoms with Gasteiger partial charge in [0.1, 0.15) is 16.2 Å². The highest BCUT2D eigenvalue weighted by atomic mass is 35.5. The van der Waals surface area contributed by atoms with Crippen LogP contribution in [-0.4, -0.2) is 41.3 Å². The number of fused-ring (bicyclic) bond motifs is 2. The van der Waals surface area contributed by atoms with E-state index in [-0.39, 0.29) is 57.6 Å². The van der Waals surface area contributed by atoms with Crippen LogP contribution in [0.15, 0.2) is 10.1 Å². The number of ketones is 1. The van der Waals surface area contributed by atoms with Crippen molar-refractivity contribution >= 4 is 40.9 Å². The smallest absolute Gasteiger partial charge is 0.306 e. The molecule has 0 aromatic carbocycles. The van der Waals surface area contributed by atoms with Crippen LogP contribution in [0.4, 0.5) is 0 Å². The van der Waals surface area contributed by atoms with E-state index in [1.807, 2.05) is 6.92 Å². The van der Waals surface area contributed by atoms with E-state index < -0.39 is 5.92 Å². The Morgan fingerprint density at radius 1 is 1.17 bits per heavy atom. The van der Waals surface area contributed by atoms with Crippen LogP contribution in [0.5, 0.6) is 0 Å². The van der Waals surface area contributed by atoms with E-state index in [1.165, 1.54) is 0 Å². The average molecular weight is 358 g/mol. The third kappa shape index (κ3) is 1.96.